The minimum atomic E-state index is -1.28. The third-order valence-electron chi connectivity index (χ3n) is 5.21. The molecular weight excluding hydrogens is 334 g/mol. The van der Waals surface area contributed by atoms with Crippen LogP contribution >= 0.6 is 0 Å². The van der Waals surface area contributed by atoms with Crippen molar-refractivity contribution >= 4 is 11.9 Å². The molecule has 2 atom stereocenters. The van der Waals surface area contributed by atoms with Crippen molar-refractivity contribution in [1.82, 2.24) is 5.32 Å². The van der Waals surface area contributed by atoms with E-state index in [0.29, 0.717) is 30.2 Å². The second-order valence-electron chi connectivity index (χ2n) is 6.49. The molecule has 2 aromatic carbocycles. The fraction of sp³-hybridized carbons (Fsp3) is 0.200. The van der Waals surface area contributed by atoms with Gasteiger partial charge < -0.3 is 20.3 Å². The molecule has 1 fully saturated rings. The lowest BCUT2D eigenvalue weighted by molar-refractivity contribution is -0.135. The van der Waals surface area contributed by atoms with Crippen LogP contribution in [0.25, 0.3) is 0 Å². The van der Waals surface area contributed by atoms with Crippen molar-refractivity contribution in [3.05, 3.63) is 71.3 Å². The van der Waals surface area contributed by atoms with Gasteiger partial charge in [-0.05, 0) is 12.1 Å². The Hall–Kier alpha value is -3.12. The molecule has 2 aromatic rings. The van der Waals surface area contributed by atoms with Gasteiger partial charge in [-0.2, -0.15) is 0 Å². The monoisotopic (exact) mass is 351 g/mol. The second-order valence-corrected chi connectivity index (χ2v) is 6.49. The summed E-state index contributed by atoms with van der Waals surface area (Å²) in [4.78, 5) is 23.5. The highest BCUT2D eigenvalue weighted by Crippen LogP contribution is 2.54. The standard InChI is InChI=1S/C20H17NO5/c22-18(23)9-14(19(24)25)20-11-21-10-15(20)12-5-1-3-7-16(12)26-17-8-4-2-6-13(17)20/h1-9,15,21H,10-11H2,(H,22,23)(H,24,25)/b14-9+. The maximum Gasteiger partial charge on any atom is 0.332 e. The van der Waals surface area contributed by atoms with Crippen LogP contribution in [-0.2, 0) is 15.0 Å². The Bertz CT molecular complexity index is 935. The van der Waals surface area contributed by atoms with E-state index in [1.165, 1.54) is 0 Å². The van der Waals surface area contributed by atoms with Crippen molar-refractivity contribution in [1.29, 1.82) is 0 Å². The maximum absolute atomic E-state index is 12.1. The third-order valence-corrected chi connectivity index (χ3v) is 5.21. The van der Waals surface area contributed by atoms with Crippen LogP contribution in [0.15, 0.2) is 60.2 Å². The topological polar surface area (TPSA) is 95.9 Å². The van der Waals surface area contributed by atoms with Crippen LogP contribution in [0.2, 0.25) is 0 Å². The van der Waals surface area contributed by atoms with Gasteiger partial charge in [-0.25, -0.2) is 9.59 Å². The molecule has 6 nitrogen and oxygen atoms in total. The summed E-state index contributed by atoms with van der Waals surface area (Å²) in [7, 11) is 0. The Morgan fingerprint density at radius 1 is 1.08 bits per heavy atom. The molecule has 2 aliphatic heterocycles. The van der Waals surface area contributed by atoms with Crippen LogP contribution in [0.4, 0.5) is 0 Å². The zero-order valence-electron chi connectivity index (χ0n) is 13.8. The van der Waals surface area contributed by atoms with Gasteiger partial charge in [0.05, 0.1) is 11.0 Å². The van der Waals surface area contributed by atoms with Gasteiger partial charge >= 0.3 is 11.9 Å². The Balaban J connectivity index is 2.08. The van der Waals surface area contributed by atoms with E-state index < -0.39 is 17.4 Å². The fourth-order valence-electron chi connectivity index (χ4n) is 4.21. The number of aliphatic carboxylic acids is 2. The lowest BCUT2D eigenvalue weighted by Crippen LogP contribution is -2.39. The summed E-state index contributed by atoms with van der Waals surface area (Å²) in [5.41, 5.74) is 0.369. The number of carbonyl (C=O) groups is 2. The van der Waals surface area contributed by atoms with E-state index in [1.807, 2.05) is 42.5 Å². The molecule has 0 saturated carbocycles. The molecule has 0 aliphatic carbocycles. The van der Waals surface area contributed by atoms with Crippen molar-refractivity contribution in [2.45, 2.75) is 11.3 Å². The highest BCUT2D eigenvalue weighted by Gasteiger charge is 2.53. The first-order chi connectivity index (χ1) is 12.5. The summed E-state index contributed by atoms with van der Waals surface area (Å²) >= 11 is 0. The normalized spacial score (nSPS) is 23.8. The van der Waals surface area contributed by atoms with Crippen molar-refractivity contribution in [2.75, 3.05) is 13.1 Å². The molecule has 2 heterocycles. The van der Waals surface area contributed by atoms with Gasteiger partial charge in [-0.15, -0.1) is 0 Å². The summed E-state index contributed by atoms with van der Waals surface area (Å²) in [5.74, 6) is -1.57. The summed E-state index contributed by atoms with van der Waals surface area (Å²) in [6.45, 7) is 0.844. The molecule has 4 rings (SSSR count). The van der Waals surface area contributed by atoms with Crippen LogP contribution in [-0.4, -0.2) is 35.2 Å². The Morgan fingerprint density at radius 2 is 1.77 bits per heavy atom. The quantitative estimate of drug-likeness (QED) is 0.736. The molecule has 0 aromatic heterocycles. The molecule has 0 spiro atoms. The highest BCUT2D eigenvalue weighted by molar-refractivity contribution is 5.98. The number of nitrogens with one attached hydrogen (secondary N) is 1. The number of ether oxygens (including phenoxy) is 1. The van der Waals surface area contributed by atoms with Gasteiger partial charge in [-0.1, -0.05) is 36.4 Å². The number of para-hydroxylation sites is 2. The SMILES string of the molecule is O=C(O)/C=C(\C(=O)O)C12CNCC1c1ccccc1Oc1ccccc12. The Morgan fingerprint density at radius 3 is 2.50 bits per heavy atom. The predicted molar refractivity (Wildman–Crippen MR) is 93.6 cm³/mol. The van der Waals surface area contributed by atoms with Crippen molar-refractivity contribution in [3.8, 4) is 11.5 Å². The molecule has 0 amide bonds. The lowest BCUT2D eigenvalue weighted by atomic mass is 9.65. The van der Waals surface area contributed by atoms with Gasteiger partial charge in [0, 0.05) is 36.2 Å². The van der Waals surface area contributed by atoms with Crippen LogP contribution < -0.4 is 10.1 Å². The first-order valence-corrected chi connectivity index (χ1v) is 8.29. The maximum atomic E-state index is 12.1. The Kier molecular flexibility index (Phi) is 3.77. The molecule has 26 heavy (non-hydrogen) atoms. The van der Waals surface area contributed by atoms with Crippen molar-refractivity contribution < 1.29 is 24.5 Å². The van der Waals surface area contributed by atoms with E-state index >= 15 is 0 Å². The first-order valence-electron chi connectivity index (χ1n) is 8.29. The molecule has 2 aliphatic rings. The highest BCUT2D eigenvalue weighted by atomic mass is 16.5. The van der Waals surface area contributed by atoms with E-state index in [4.69, 9.17) is 4.74 Å². The first kappa shape index (κ1) is 16.4. The minimum Gasteiger partial charge on any atom is -0.478 e. The molecule has 6 heteroatoms. The zero-order chi connectivity index (χ0) is 18.3. The number of carboxylic acid groups (broad SMARTS) is 2. The lowest BCUT2D eigenvalue weighted by Gasteiger charge is -2.35. The zero-order valence-corrected chi connectivity index (χ0v) is 13.8. The number of hydrogen-bond acceptors (Lipinski definition) is 4. The van der Waals surface area contributed by atoms with Crippen molar-refractivity contribution in [2.24, 2.45) is 0 Å². The number of fused-ring (bicyclic) bond motifs is 5. The minimum absolute atomic E-state index is 0.146. The number of rotatable bonds is 3. The predicted octanol–water partition coefficient (Wildman–Crippen LogP) is 2.51. The average molecular weight is 351 g/mol. The van der Waals surface area contributed by atoms with Crippen LogP contribution in [0.5, 0.6) is 11.5 Å². The van der Waals surface area contributed by atoms with Gasteiger partial charge in [0.25, 0.3) is 0 Å². The molecular formula is C20H17NO5. The van der Waals surface area contributed by atoms with Crippen LogP contribution in [0, 0.1) is 0 Å². The second kappa shape index (κ2) is 6.00. The van der Waals surface area contributed by atoms with Crippen LogP contribution in [0.1, 0.15) is 17.0 Å². The number of carboxylic acids is 2. The average Bonchev–Trinajstić information content (AvgIpc) is 3.01. The molecule has 0 bridgehead atoms. The molecule has 3 N–H and O–H groups in total. The summed E-state index contributed by atoms with van der Waals surface area (Å²) in [6.07, 6.45) is 0.813. The van der Waals surface area contributed by atoms with Gasteiger partial charge in [0.2, 0.25) is 0 Å². The largest absolute Gasteiger partial charge is 0.478 e. The smallest absolute Gasteiger partial charge is 0.332 e. The van der Waals surface area contributed by atoms with E-state index in [2.05, 4.69) is 5.32 Å². The van der Waals surface area contributed by atoms with E-state index in [1.54, 1.807) is 6.07 Å². The molecule has 1 saturated heterocycles. The van der Waals surface area contributed by atoms with E-state index in [-0.39, 0.29) is 11.5 Å². The summed E-state index contributed by atoms with van der Waals surface area (Å²) in [5, 5.41) is 22.5. The van der Waals surface area contributed by atoms with Gasteiger partial charge in [0.15, 0.2) is 0 Å². The molecule has 2 unspecified atom stereocenters. The van der Waals surface area contributed by atoms with Crippen LogP contribution in [0.3, 0.4) is 0 Å². The third kappa shape index (κ3) is 2.30. The van der Waals surface area contributed by atoms with E-state index in [0.717, 1.165) is 11.6 Å². The Labute approximate surface area is 149 Å². The van der Waals surface area contributed by atoms with Crippen molar-refractivity contribution in [3.63, 3.8) is 0 Å². The van der Waals surface area contributed by atoms with E-state index in [9.17, 15) is 19.8 Å². The van der Waals surface area contributed by atoms with Gasteiger partial charge in [0.1, 0.15) is 11.5 Å². The van der Waals surface area contributed by atoms with Gasteiger partial charge in [-0.3, -0.25) is 0 Å². The fourth-order valence-corrected chi connectivity index (χ4v) is 4.21. The molecule has 0 radical (unpaired) electrons. The summed E-state index contributed by atoms with van der Waals surface area (Å²) in [6, 6.07) is 14.7. The number of hydrogen-bond donors (Lipinski definition) is 3. The summed E-state index contributed by atoms with van der Waals surface area (Å²) < 4.78 is 6.10. The molecule has 132 valence electrons. The number of benzene rings is 2.